The number of ether oxygens (including phenoxy) is 1. The molecule has 1 amide bonds. The van der Waals surface area contributed by atoms with Crippen molar-refractivity contribution in [3.05, 3.63) is 94.8 Å². The maximum Gasteiger partial charge on any atom is 0.300 e. The van der Waals surface area contributed by atoms with Gasteiger partial charge in [0.25, 0.3) is 11.7 Å². The van der Waals surface area contributed by atoms with Crippen LogP contribution in [0.4, 0.5) is 5.69 Å². The lowest BCUT2D eigenvalue weighted by molar-refractivity contribution is -0.132. The Morgan fingerprint density at radius 1 is 1.07 bits per heavy atom. The summed E-state index contributed by atoms with van der Waals surface area (Å²) in [6.45, 7) is 0. The number of hydrogen-bond donors (Lipinski definition) is 1. The van der Waals surface area contributed by atoms with Gasteiger partial charge in [0.1, 0.15) is 17.6 Å². The van der Waals surface area contributed by atoms with E-state index in [1.165, 1.54) is 12.0 Å². The van der Waals surface area contributed by atoms with E-state index in [1.807, 2.05) is 0 Å². The molecule has 1 unspecified atom stereocenters. The van der Waals surface area contributed by atoms with E-state index in [9.17, 15) is 14.7 Å². The fourth-order valence-electron chi connectivity index (χ4n) is 3.47. The number of ketones is 1. The van der Waals surface area contributed by atoms with E-state index in [4.69, 9.17) is 16.3 Å². The van der Waals surface area contributed by atoms with Crippen molar-refractivity contribution in [2.24, 2.45) is 0 Å². The number of benzene rings is 2. The smallest absolute Gasteiger partial charge is 0.300 e. The van der Waals surface area contributed by atoms with Crippen molar-refractivity contribution in [2.75, 3.05) is 12.0 Å². The van der Waals surface area contributed by atoms with Crippen LogP contribution in [0, 0.1) is 0 Å². The summed E-state index contributed by atoms with van der Waals surface area (Å²) in [5.41, 5.74) is 1.19. The van der Waals surface area contributed by atoms with Gasteiger partial charge in [0.2, 0.25) is 0 Å². The third-order valence-corrected chi connectivity index (χ3v) is 5.08. The SMILES string of the molecule is COc1cccc(/C(O)=C2\C(=O)C(=O)N(c3cccc(Cl)c3)C2c2ccccn2)c1. The van der Waals surface area contributed by atoms with Gasteiger partial charge in [-0.25, -0.2) is 0 Å². The standard InChI is InChI=1S/C23H17ClN2O4/c1-30-17-9-4-6-14(12-17)21(27)19-20(18-10-2-3-11-25-18)26(23(29)22(19)28)16-8-5-7-15(24)13-16/h2-13,20,27H,1H3/b21-19+. The van der Waals surface area contributed by atoms with Crippen LogP contribution in [-0.2, 0) is 9.59 Å². The van der Waals surface area contributed by atoms with Gasteiger partial charge in [-0.3, -0.25) is 19.5 Å². The molecule has 1 saturated heterocycles. The largest absolute Gasteiger partial charge is 0.507 e. The summed E-state index contributed by atoms with van der Waals surface area (Å²) in [6, 6.07) is 17.6. The molecule has 0 spiro atoms. The summed E-state index contributed by atoms with van der Waals surface area (Å²) in [7, 11) is 1.51. The first-order valence-corrected chi connectivity index (χ1v) is 9.51. The molecule has 2 heterocycles. The van der Waals surface area contributed by atoms with Gasteiger partial charge >= 0.3 is 0 Å². The number of hydrogen-bond acceptors (Lipinski definition) is 5. The molecule has 0 radical (unpaired) electrons. The van der Waals surface area contributed by atoms with Gasteiger partial charge in [-0.1, -0.05) is 35.9 Å². The van der Waals surface area contributed by atoms with Crippen LogP contribution in [0.3, 0.4) is 0 Å². The molecule has 7 heteroatoms. The normalized spacial score (nSPS) is 17.9. The first kappa shape index (κ1) is 19.7. The molecular weight excluding hydrogens is 404 g/mol. The number of anilines is 1. The van der Waals surface area contributed by atoms with Crippen molar-refractivity contribution < 1.29 is 19.4 Å². The minimum Gasteiger partial charge on any atom is -0.507 e. The highest BCUT2D eigenvalue weighted by Gasteiger charge is 2.47. The van der Waals surface area contributed by atoms with Crippen LogP contribution in [0.2, 0.25) is 5.02 Å². The first-order valence-electron chi connectivity index (χ1n) is 9.13. The van der Waals surface area contributed by atoms with Gasteiger partial charge in [0.05, 0.1) is 18.4 Å². The fraction of sp³-hybridized carbons (Fsp3) is 0.0870. The van der Waals surface area contributed by atoms with E-state index in [2.05, 4.69) is 4.98 Å². The van der Waals surface area contributed by atoms with E-state index >= 15 is 0 Å². The number of halogens is 1. The molecular formula is C23H17ClN2O4. The maximum atomic E-state index is 13.0. The van der Waals surface area contributed by atoms with E-state index < -0.39 is 17.7 Å². The summed E-state index contributed by atoms with van der Waals surface area (Å²) in [5, 5.41) is 11.5. The molecule has 0 saturated carbocycles. The second kappa shape index (κ2) is 8.00. The van der Waals surface area contributed by atoms with Gasteiger partial charge in [-0.2, -0.15) is 0 Å². The summed E-state index contributed by atoms with van der Waals surface area (Å²) in [5.74, 6) is -1.35. The van der Waals surface area contributed by atoms with Crippen molar-refractivity contribution in [3.63, 3.8) is 0 Å². The minimum absolute atomic E-state index is 0.0491. The Bertz CT molecular complexity index is 1160. The number of rotatable bonds is 4. The lowest BCUT2D eigenvalue weighted by atomic mass is 9.98. The summed E-state index contributed by atoms with van der Waals surface area (Å²) >= 11 is 6.12. The average Bonchev–Trinajstić information content (AvgIpc) is 3.04. The van der Waals surface area contributed by atoms with Crippen molar-refractivity contribution >= 4 is 34.7 Å². The van der Waals surface area contributed by atoms with Crippen LogP contribution in [0.5, 0.6) is 5.75 Å². The Morgan fingerprint density at radius 3 is 2.57 bits per heavy atom. The average molecular weight is 421 g/mol. The Hall–Kier alpha value is -3.64. The maximum absolute atomic E-state index is 13.0. The molecule has 1 aliphatic heterocycles. The second-order valence-electron chi connectivity index (χ2n) is 6.64. The van der Waals surface area contributed by atoms with Crippen LogP contribution < -0.4 is 9.64 Å². The number of nitrogens with zero attached hydrogens (tertiary/aromatic N) is 2. The van der Waals surface area contributed by atoms with Crippen molar-refractivity contribution in [1.82, 2.24) is 4.98 Å². The number of aromatic nitrogens is 1. The predicted molar refractivity (Wildman–Crippen MR) is 113 cm³/mol. The zero-order chi connectivity index (χ0) is 21.3. The molecule has 0 bridgehead atoms. The monoisotopic (exact) mass is 420 g/mol. The Morgan fingerprint density at radius 2 is 1.87 bits per heavy atom. The molecule has 1 aromatic heterocycles. The quantitative estimate of drug-likeness (QED) is 0.385. The lowest BCUT2D eigenvalue weighted by Gasteiger charge is -2.24. The number of aliphatic hydroxyl groups is 1. The van der Waals surface area contributed by atoms with Crippen LogP contribution >= 0.6 is 11.6 Å². The lowest BCUT2D eigenvalue weighted by Crippen LogP contribution is -2.29. The topological polar surface area (TPSA) is 79.7 Å². The molecule has 150 valence electrons. The number of aliphatic hydroxyl groups excluding tert-OH is 1. The van der Waals surface area contributed by atoms with Crippen LogP contribution in [0.25, 0.3) is 5.76 Å². The molecule has 2 aromatic carbocycles. The predicted octanol–water partition coefficient (Wildman–Crippen LogP) is 4.37. The van der Waals surface area contributed by atoms with Crippen LogP contribution in [-0.4, -0.2) is 28.9 Å². The van der Waals surface area contributed by atoms with Gasteiger partial charge in [-0.05, 0) is 42.5 Å². The molecule has 30 heavy (non-hydrogen) atoms. The minimum atomic E-state index is -0.907. The molecule has 1 atom stereocenters. The molecule has 6 nitrogen and oxygen atoms in total. The molecule has 0 aliphatic carbocycles. The Balaban J connectivity index is 1.94. The highest BCUT2D eigenvalue weighted by atomic mass is 35.5. The summed E-state index contributed by atoms with van der Waals surface area (Å²) in [4.78, 5) is 31.7. The first-order chi connectivity index (χ1) is 14.5. The highest BCUT2D eigenvalue weighted by Crippen LogP contribution is 2.42. The number of pyridine rings is 1. The van der Waals surface area contributed by atoms with Crippen molar-refractivity contribution in [2.45, 2.75) is 6.04 Å². The number of methoxy groups -OCH3 is 1. The number of carbonyl (C=O) groups excluding carboxylic acids is 2. The van der Waals surface area contributed by atoms with Gasteiger partial charge in [0.15, 0.2) is 0 Å². The summed E-state index contributed by atoms with van der Waals surface area (Å²) in [6.07, 6.45) is 1.57. The molecule has 3 aromatic rings. The van der Waals surface area contributed by atoms with Crippen LogP contribution in [0.1, 0.15) is 17.3 Å². The van der Waals surface area contributed by atoms with Crippen molar-refractivity contribution in [3.8, 4) is 5.75 Å². The second-order valence-corrected chi connectivity index (χ2v) is 7.07. The fourth-order valence-corrected chi connectivity index (χ4v) is 3.65. The van der Waals surface area contributed by atoms with Gasteiger partial charge < -0.3 is 9.84 Å². The van der Waals surface area contributed by atoms with Gasteiger partial charge in [0, 0.05) is 22.5 Å². The zero-order valence-electron chi connectivity index (χ0n) is 15.9. The zero-order valence-corrected chi connectivity index (χ0v) is 16.7. The molecule has 1 N–H and O–H groups in total. The molecule has 1 fully saturated rings. The van der Waals surface area contributed by atoms with Crippen molar-refractivity contribution in [1.29, 1.82) is 0 Å². The molecule has 4 rings (SSSR count). The molecule has 1 aliphatic rings. The van der Waals surface area contributed by atoms with E-state index in [0.717, 1.165) is 0 Å². The van der Waals surface area contributed by atoms with E-state index in [1.54, 1.807) is 72.9 Å². The summed E-state index contributed by atoms with van der Waals surface area (Å²) < 4.78 is 5.21. The van der Waals surface area contributed by atoms with E-state index in [-0.39, 0.29) is 11.3 Å². The highest BCUT2D eigenvalue weighted by molar-refractivity contribution is 6.51. The number of Topliss-reactive ketones (excluding diaryl/α,β-unsaturated/α-hetero) is 1. The van der Waals surface area contributed by atoms with Gasteiger partial charge in [-0.15, -0.1) is 0 Å². The number of amides is 1. The van der Waals surface area contributed by atoms with E-state index in [0.29, 0.717) is 27.7 Å². The Kier molecular flexibility index (Phi) is 5.25. The third kappa shape index (κ3) is 3.42. The van der Waals surface area contributed by atoms with Crippen LogP contribution in [0.15, 0.2) is 78.5 Å². The number of carbonyl (C=O) groups is 2. The third-order valence-electron chi connectivity index (χ3n) is 4.84. The Labute approximate surface area is 178 Å².